The Hall–Kier alpha value is -1.11. The second kappa shape index (κ2) is 4.29. The van der Waals surface area contributed by atoms with E-state index >= 15 is 0 Å². The van der Waals surface area contributed by atoms with E-state index in [1.165, 1.54) is 0 Å². The van der Waals surface area contributed by atoms with Crippen molar-refractivity contribution in [1.29, 1.82) is 0 Å². The van der Waals surface area contributed by atoms with Gasteiger partial charge in [0.15, 0.2) is 11.5 Å². The highest BCUT2D eigenvalue weighted by molar-refractivity contribution is 9.10. The number of ether oxygens (including phenoxy) is 2. The molecule has 0 unspecified atom stereocenters. The summed E-state index contributed by atoms with van der Waals surface area (Å²) < 4.78 is 11.6. The van der Waals surface area contributed by atoms with Crippen LogP contribution >= 0.6 is 27.3 Å². The summed E-state index contributed by atoms with van der Waals surface area (Å²) in [6.07, 6.45) is 1.80. The zero-order valence-corrected chi connectivity index (χ0v) is 11.2. The van der Waals surface area contributed by atoms with Gasteiger partial charge in [0.1, 0.15) is 5.01 Å². The molecule has 0 bridgehead atoms. The average molecular weight is 313 g/mol. The first-order valence-electron chi connectivity index (χ1n) is 5.02. The first kappa shape index (κ1) is 11.0. The molecule has 0 spiro atoms. The molecule has 0 saturated heterocycles. The van der Waals surface area contributed by atoms with Crippen LogP contribution in [-0.4, -0.2) is 11.8 Å². The van der Waals surface area contributed by atoms with Gasteiger partial charge in [-0.15, -0.1) is 11.3 Å². The molecule has 1 aliphatic heterocycles. The SMILES string of the molecule is NCc1cnc(-c2cc(Br)c3c(c2)OCO3)s1. The van der Waals surface area contributed by atoms with E-state index in [0.29, 0.717) is 6.54 Å². The van der Waals surface area contributed by atoms with Crippen molar-refractivity contribution in [3.8, 4) is 22.1 Å². The zero-order valence-electron chi connectivity index (χ0n) is 8.77. The number of nitrogens with two attached hydrogens (primary N) is 1. The molecule has 6 heteroatoms. The summed E-state index contributed by atoms with van der Waals surface area (Å²) in [5.74, 6) is 1.50. The van der Waals surface area contributed by atoms with E-state index in [1.807, 2.05) is 12.1 Å². The molecule has 0 amide bonds. The Morgan fingerprint density at radius 1 is 1.41 bits per heavy atom. The topological polar surface area (TPSA) is 57.4 Å². The van der Waals surface area contributed by atoms with Gasteiger partial charge >= 0.3 is 0 Å². The molecule has 1 aliphatic rings. The molecule has 2 heterocycles. The number of fused-ring (bicyclic) bond motifs is 1. The van der Waals surface area contributed by atoms with Gasteiger partial charge < -0.3 is 15.2 Å². The molecule has 0 fully saturated rings. The maximum absolute atomic E-state index is 5.58. The monoisotopic (exact) mass is 312 g/mol. The number of rotatable bonds is 2. The van der Waals surface area contributed by atoms with Gasteiger partial charge in [0.25, 0.3) is 0 Å². The molecule has 0 aliphatic carbocycles. The largest absolute Gasteiger partial charge is 0.454 e. The number of halogens is 1. The zero-order chi connectivity index (χ0) is 11.8. The first-order chi connectivity index (χ1) is 8.28. The molecule has 17 heavy (non-hydrogen) atoms. The maximum Gasteiger partial charge on any atom is 0.231 e. The fraction of sp³-hybridized carbons (Fsp3) is 0.182. The molecular weight excluding hydrogens is 304 g/mol. The van der Waals surface area contributed by atoms with Gasteiger partial charge in [-0.2, -0.15) is 0 Å². The summed E-state index contributed by atoms with van der Waals surface area (Å²) in [5.41, 5.74) is 6.58. The minimum Gasteiger partial charge on any atom is -0.454 e. The standard InChI is InChI=1S/C11H9BrN2O2S/c12-8-1-6(2-9-10(8)16-5-15-9)11-14-4-7(3-13)17-11/h1-2,4H,3,5,13H2. The van der Waals surface area contributed by atoms with Crippen LogP contribution in [-0.2, 0) is 6.54 Å². The summed E-state index contributed by atoms with van der Waals surface area (Å²) in [7, 11) is 0. The van der Waals surface area contributed by atoms with Gasteiger partial charge in [0.2, 0.25) is 6.79 Å². The highest BCUT2D eigenvalue weighted by Gasteiger charge is 2.19. The second-order valence-corrected chi connectivity index (χ2v) is 5.50. The highest BCUT2D eigenvalue weighted by atomic mass is 79.9. The fourth-order valence-corrected chi connectivity index (χ4v) is 2.96. The van der Waals surface area contributed by atoms with Gasteiger partial charge in [0.05, 0.1) is 4.47 Å². The minimum atomic E-state index is 0.267. The quantitative estimate of drug-likeness (QED) is 0.926. The van der Waals surface area contributed by atoms with Crippen LogP contribution in [0, 0.1) is 0 Å². The lowest BCUT2D eigenvalue weighted by Gasteiger charge is -2.02. The molecule has 4 nitrogen and oxygen atoms in total. The van der Waals surface area contributed by atoms with Crippen LogP contribution in [0.4, 0.5) is 0 Å². The van der Waals surface area contributed by atoms with Crippen LogP contribution in [0.15, 0.2) is 22.8 Å². The van der Waals surface area contributed by atoms with Crippen molar-refractivity contribution in [2.45, 2.75) is 6.54 Å². The van der Waals surface area contributed by atoms with Crippen LogP contribution < -0.4 is 15.2 Å². The van der Waals surface area contributed by atoms with E-state index in [2.05, 4.69) is 20.9 Å². The molecule has 3 rings (SSSR count). The number of aromatic nitrogens is 1. The predicted octanol–water partition coefficient (Wildman–Crippen LogP) is 2.76. The molecular formula is C11H9BrN2O2S. The third kappa shape index (κ3) is 1.92. The lowest BCUT2D eigenvalue weighted by molar-refractivity contribution is 0.173. The van der Waals surface area contributed by atoms with Crippen LogP contribution in [0.3, 0.4) is 0 Å². The number of hydrogen-bond donors (Lipinski definition) is 1. The van der Waals surface area contributed by atoms with Crippen molar-refractivity contribution in [2.75, 3.05) is 6.79 Å². The van der Waals surface area contributed by atoms with E-state index < -0.39 is 0 Å². The van der Waals surface area contributed by atoms with Crippen LogP contribution in [0.5, 0.6) is 11.5 Å². The number of hydrogen-bond acceptors (Lipinski definition) is 5. The Morgan fingerprint density at radius 3 is 3.06 bits per heavy atom. The molecule has 2 N–H and O–H groups in total. The summed E-state index contributed by atoms with van der Waals surface area (Å²) in [4.78, 5) is 5.41. The smallest absolute Gasteiger partial charge is 0.231 e. The second-order valence-electron chi connectivity index (χ2n) is 3.53. The Balaban J connectivity index is 2.06. The first-order valence-corrected chi connectivity index (χ1v) is 6.63. The molecule has 0 saturated carbocycles. The van der Waals surface area contributed by atoms with Gasteiger partial charge in [-0.25, -0.2) is 4.98 Å². The Morgan fingerprint density at radius 2 is 2.29 bits per heavy atom. The third-order valence-electron chi connectivity index (χ3n) is 2.43. The fourth-order valence-electron chi connectivity index (χ4n) is 1.63. The Bertz CT molecular complexity index is 571. The highest BCUT2D eigenvalue weighted by Crippen LogP contribution is 2.42. The maximum atomic E-state index is 5.58. The van der Waals surface area contributed by atoms with Crippen molar-refractivity contribution in [1.82, 2.24) is 4.98 Å². The van der Waals surface area contributed by atoms with Crippen LogP contribution in [0.25, 0.3) is 10.6 Å². The average Bonchev–Trinajstić information content (AvgIpc) is 2.97. The van der Waals surface area contributed by atoms with E-state index in [0.717, 1.165) is 31.4 Å². The molecule has 88 valence electrons. The molecule has 0 radical (unpaired) electrons. The van der Waals surface area contributed by atoms with Crippen molar-refractivity contribution >= 4 is 27.3 Å². The summed E-state index contributed by atoms with van der Waals surface area (Å²) >= 11 is 5.05. The van der Waals surface area contributed by atoms with E-state index in [9.17, 15) is 0 Å². The van der Waals surface area contributed by atoms with Gasteiger partial charge in [0, 0.05) is 23.2 Å². The Labute approximate surface area is 111 Å². The molecule has 2 aromatic rings. The van der Waals surface area contributed by atoms with E-state index in [-0.39, 0.29) is 6.79 Å². The van der Waals surface area contributed by atoms with Crippen molar-refractivity contribution in [3.05, 3.63) is 27.7 Å². The number of nitrogens with zero attached hydrogens (tertiary/aromatic N) is 1. The number of benzene rings is 1. The van der Waals surface area contributed by atoms with Crippen molar-refractivity contribution in [3.63, 3.8) is 0 Å². The summed E-state index contributed by atoms with van der Waals surface area (Å²) in [5, 5.41) is 0.935. The van der Waals surface area contributed by atoms with Gasteiger partial charge in [-0.1, -0.05) is 0 Å². The lowest BCUT2D eigenvalue weighted by Crippen LogP contribution is -1.93. The summed E-state index contributed by atoms with van der Waals surface area (Å²) in [6.45, 7) is 0.784. The van der Waals surface area contributed by atoms with Gasteiger partial charge in [-0.05, 0) is 28.1 Å². The predicted molar refractivity (Wildman–Crippen MR) is 69.3 cm³/mol. The van der Waals surface area contributed by atoms with Crippen LogP contribution in [0.1, 0.15) is 4.88 Å². The van der Waals surface area contributed by atoms with Crippen LogP contribution in [0.2, 0.25) is 0 Å². The number of thiazole rings is 1. The molecule has 0 atom stereocenters. The normalized spacial score (nSPS) is 13.1. The van der Waals surface area contributed by atoms with E-state index in [4.69, 9.17) is 15.2 Å². The van der Waals surface area contributed by atoms with Crippen molar-refractivity contribution < 1.29 is 9.47 Å². The van der Waals surface area contributed by atoms with Crippen molar-refractivity contribution in [2.24, 2.45) is 5.73 Å². The summed E-state index contributed by atoms with van der Waals surface area (Å²) in [6, 6.07) is 3.92. The third-order valence-corrected chi connectivity index (χ3v) is 4.09. The minimum absolute atomic E-state index is 0.267. The Kier molecular flexibility index (Phi) is 2.78. The lowest BCUT2D eigenvalue weighted by atomic mass is 10.2. The molecule has 1 aromatic heterocycles. The molecule has 1 aromatic carbocycles. The van der Waals surface area contributed by atoms with E-state index in [1.54, 1.807) is 17.5 Å². The van der Waals surface area contributed by atoms with Gasteiger partial charge in [-0.3, -0.25) is 0 Å².